The lowest BCUT2D eigenvalue weighted by Gasteiger charge is -2.45. The number of hydrogen-bond acceptors (Lipinski definition) is 8. The van der Waals surface area contributed by atoms with Crippen LogP contribution < -0.4 is 4.90 Å². The van der Waals surface area contributed by atoms with E-state index < -0.39 is 0 Å². The third kappa shape index (κ3) is 4.67. The van der Waals surface area contributed by atoms with Gasteiger partial charge in [0.1, 0.15) is 11.4 Å². The molecule has 0 radical (unpaired) electrons. The van der Waals surface area contributed by atoms with Crippen molar-refractivity contribution in [2.75, 3.05) is 37.6 Å². The van der Waals surface area contributed by atoms with Crippen LogP contribution in [0, 0.1) is 0 Å². The number of para-hydroxylation sites is 1. The fourth-order valence-electron chi connectivity index (χ4n) is 5.60. The summed E-state index contributed by atoms with van der Waals surface area (Å²) in [7, 11) is 1.74. The first kappa shape index (κ1) is 24.3. The summed E-state index contributed by atoms with van der Waals surface area (Å²) in [5.74, 6) is 1.67. The SMILES string of the molecule is C[C@@H]1CN(c2ccc(-c3nnn(C)n3)cn2)C[C@H](C)N1CC(=O)N1CC=C(c2cccc3ccoc23)CC1. The van der Waals surface area contributed by atoms with Gasteiger partial charge in [0.15, 0.2) is 0 Å². The molecule has 0 N–H and O–H groups in total. The number of nitrogens with zero attached hydrogens (tertiary/aromatic N) is 8. The fourth-order valence-corrected chi connectivity index (χ4v) is 5.60. The third-order valence-electron chi connectivity index (χ3n) is 7.64. The molecule has 5 heterocycles. The van der Waals surface area contributed by atoms with Crippen molar-refractivity contribution in [3.8, 4) is 11.4 Å². The number of benzene rings is 1. The highest BCUT2D eigenvalue weighted by molar-refractivity contribution is 5.90. The van der Waals surface area contributed by atoms with Crippen molar-refractivity contribution in [3.63, 3.8) is 0 Å². The summed E-state index contributed by atoms with van der Waals surface area (Å²) in [6.07, 6.45) is 6.53. The second-order valence-electron chi connectivity index (χ2n) is 10.2. The van der Waals surface area contributed by atoms with Gasteiger partial charge in [0.25, 0.3) is 0 Å². The molecule has 0 saturated carbocycles. The quantitative estimate of drug-likeness (QED) is 0.402. The zero-order valence-electron chi connectivity index (χ0n) is 22.0. The van der Waals surface area contributed by atoms with Crippen molar-refractivity contribution in [3.05, 3.63) is 60.5 Å². The standard InChI is InChI=1S/C28H32N8O2/c1-19-16-35(25-8-7-23(15-29-25)28-30-32-33(3)31-28)17-20(2)36(19)18-26(37)34-12-9-21(10-13-34)24-6-4-5-22-11-14-38-27(22)24/h4-9,11,14-15,19-20H,10,12-13,16-18H2,1-3H3/t19-,20+. The minimum absolute atomic E-state index is 0.183. The molecule has 1 fully saturated rings. The van der Waals surface area contributed by atoms with Crippen molar-refractivity contribution in [1.82, 2.24) is 35.0 Å². The molecule has 1 saturated heterocycles. The monoisotopic (exact) mass is 512 g/mol. The van der Waals surface area contributed by atoms with E-state index in [1.165, 1.54) is 10.4 Å². The summed E-state index contributed by atoms with van der Waals surface area (Å²) < 4.78 is 5.72. The number of aromatic nitrogens is 5. The van der Waals surface area contributed by atoms with E-state index in [2.05, 4.69) is 68.3 Å². The van der Waals surface area contributed by atoms with E-state index >= 15 is 0 Å². The molecule has 1 aromatic carbocycles. The number of amides is 1. The van der Waals surface area contributed by atoms with E-state index in [4.69, 9.17) is 4.42 Å². The highest BCUT2D eigenvalue weighted by Crippen LogP contribution is 2.30. The van der Waals surface area contributed by atoms with Crippen molar-refractivity contribution >= 4 is 28.3 Å². The lowest BCUT2D eigenvalue weighted by Crippen LogP contribution is -2.59. The van der Waals surface area contributed by atoms with Crippen LogP contribution in [0.3, 0.4) is 0 Å². The molecule has 10 nitrogen and oxygen atoms in total. The van der Waals surface area contributed by atoms with Gasteiger partial charge in [-0.15, -0.1) is 10.2 Å². The normalized spacial score (nSPS) is 20.7. The van der Waals surface area contributed by atoms with Crippen molar-refractivity contribution in [2.24, 2.45) is 7.05 Å². The Hall–Kier alpha value is -4.05. The topological polar surface area (TPSA) is 96.4 Å². The summed E-state index contributed by atoms with van der Waals surface area (Å²) >= 11 is 0. The third-order valence-corrected chi connectivity index (χ3v) is 7.64. The molecular weight excluding hydrogens is 480 g/mol. The van der Waals surface area contributed by atoms with Crippen LogP contribution in [0.1, 0.15) is 25.8 Å². The number of piperazine rings is 1. The first-order valence-corrected chi connectivity index (χ1v) is 13.1. The van der Waals surface area contributed by atoms with Gasteiger partial charge in [-0.25, -0.2) is 4.98 Å². The Morgan fingerprint density at radius 1 is 1.11 bits per heavy atom. The maximum atomic E-state index is 13.3. The van der Waals surface area contributed by atoms with Crippen LogP contribution in [0.2, 0.25) is 0 Å². The van der Waals surface area contributed by atoms with Crippen molar-refractivity contribution in [1.29, 1.82) is 0 Å². The van der Waals surface area contributed by atoms with Gasteiger partial charge in [-0.3, -0.25) is 9.69 Å². The first-order valence-electron chi connectivity index (χ1n) is 13.1. The van der Waals surface area contributed by atoms with Gasteiger partial charge in [-0.1, -0.05) is 24.3 Å². The first-order chi connectivity index (χ1) is 18.5. The Morgan fingerprint density at radius 2 is 1.95 bits per heavy atom. The molecule has 0 spiro atoms. The van der Waals surface area contributed by atoms with Gasteiger partial charge in [-0.05, 0) is 49.3 Å². The number of aryl methyl sites for hydroxylation is 1. The van der Waals surface area contributed by atoms with E-state index in [9.17, 15) is 4.79 Å². The molecule has 38 heavy (non-hydrogen) atoms. The van der Waals surface area contributed by atoms with Gasteiger partial charge >= 0.3 is 0 Å². The fraction of sp³-hybridized carbons (Fsp3) is 0.393. The lowest BCUT2D eigenvalue weighted by atomic mass is 9.98. The zero-order valence-corrected chi connectivity index (χ0v) is 22.0. The predicted octanol–water partition coefficient (Wildman–Crippen LogP) is 3.23. The second-order valence-corrected chi connectivity index (χ2v) is 10.2. The Labute approximate surface area is 221 Å². The summed E-state index contributed by atoms with van der Waals surface area (Å²) in [6, 6.07) is 12.6. The predicted molar refractivity (Wildman–Crippen MR) is 145 cm³/mol. The molecule has 4 aromatic rings. The number of tetrazole rings is 1. The van der Waals surface area contributed by atoms with Crippen LogP contribution in [0.25, 0.3) is 27.9 Å². The second kappa shape index (κ2) is 10.0. The number of carbonyl (C=O) groups is 1. The van der Waals surface area contributed by atoms with Gasteiger partial charge in [-0.2, -0.15) is 4.80 Å². The number of rotatable bonds is 5. The Morgan fingerprint density at radius 3 is 2.63 bits per heavy atom. The zero-order chi connectivity index (χ0) is 26.2. The van der Waals surface area contributed by atoms with Crippen molar-refractivity contribution < 1.29 is 9.21 Å². The molecular formula is C28H32N8O2. The highest BCUT2D eigenvalue weighted by atomic mass is 16.3. The molecule has 3 aromatic heterocycles. The summed E-state index contributed by atoms with van der Waals surface area (Å²) in [5.41, 5.74) is 4.14. The van der Waals surface area contributed by atoms with Crippen LogP contribution in [0.15, 0.2) is 59.4 Å². The number of pyridine rings is 1. The number of anilines is 1. The molecule has 10 heteroatoms. The van der Waals surface area contributed by atoms with E-state index in [1.54, 1.807) is 19.5 Å². The maximum absolute atomic E-state index is 13.3. The summed E-state index contributed by atoms with van der Waals surface area (Å²) in [4.78, 5) is 26.0. The van der Waals surface area contributed by atoms with Gasteiger partial charge < -0.3 is 14.2 Å². The minimum atomic E-state index is 0.183. The van der Waals surface area contributed by atoms with Crippen LogP contribution in [-0.4, -0.2) is 85.7 Å². The van der Waals surface area contributed by atoms with Gasteiger partial charge in [0.05, 0.1) is 19.9 Å². The molecule has 6 rings (SSSR count). The van der Waals surface area contributed by atoms with E-state index in [0.29, 0.717) is 18.9 Å². The van der Waals surface area contributed by atoms with Crippen LogP contribution >= 0.6 is 0 Å². The highest BCUT2D eigenvalue weighted by Gasteiger charge is 2.32. The molecule has 2 atom stereocenters. The number of hydrogen-bond donors (Lipinski definition) is 0. The number of fused-ring (bicyclic) bond motifs is 1. The van der Waals surface area contributed by atoms with E-state index in [-0.39, 0.29) is 18.0 Å². The Kier molecular flexibility index (Phi) is 6.40. The van der Waals surface area contributed by atoms with E-state index in [0.717, 1.165) is 54.0 Å². The summed E-state index contributed by atoms with van der Waals surface area (Å²) in [6.45, 7) is 7.78. The molecule has 0 aliphatic carbocycles. The molecule has 1 amide bonds. The Balaban J connectivity index is 1.07. The van der Waals surface area contributed by atoms with E-state index in [1.807, 2.05) is 23.1 Å². The Bertz CT molecular complexity index is 1460. The van der Waals surface area contributed by atoms with Gasteiger partial charge in [0, 0.05) is 61.0 Å². The number of carbonyl (C=O) groups excluding carboxylic acids is 1. The largest absolute Gasteiger partial charge is 0.464 e. The van der Waals surface area contributed by atoms with Crippen LogP contribution in [-0.2, 0) is 11.8 Å². The smallest absolute Gasteiger partial charge is 0.237 e. The minimum Gasteiger partial charge on any atom is -0.464 e. The molecule has 0 bridgehead atoms. The van der Waals surface area contributed by atoms with Crippen molar-refractivity contribution in [2.45, 2.75) is 32.4 Å². The number of furan rings is 1. The lowest BCUT2D eigenvalue weighted by molar-refractivity contribution is -0.133. The molecule has 2 aliphatic heterocycles. The molecule has 2 aliphatic rings. The summed E-state index contributed by atoms with van der Waals surface area (Å²) in [5, 5.41) is 13.3. The molecule has 0 unspecified atom stereocenters. The van der Waals surface area contributed by atoms with Crippen LogP contribution in [0.4, 0.5) is 5.82 Å². The average Bonchev–Trinajstić information content (AvgIpc) is 3.60. The van der Waals surface area contributed by atoms with Gasteiger partial charge in [0.2, 0.25) is 11.7 Å². The maximum Gasteiger partial charge on any atom is 0.237 e. The average molecular weight is 513 g/mol. The van der Waals surface area contributed by atoms with Crippen LogP contribution in [0.5, 0.6) is 0 Å². The molecule has 196 valence electrons.